The summed E-state index contributed by atoms with van der Waals surface area (Å²) in [5.41, 5.74) is 5.73. The highest BCUT2D eigenvalue weighted by atomic mass is 16.5. The molecule has 78 valence electrons. The summed E-state index contributed by atoms with van der Waals surface area (Å²) in [5, 5.41) is 4.35. The average Bonchev–Trinajstić information content (AvgIpc) is 2.60. The third kappa shape index (κ3) is 1.53. The van der Waals surface area contributed by atoms with Crippen LogP contribution in [0.5, 0.6) is 0 Å². The van der Waals surface area contributed by atoms with Crippen molar-refractivity contribution >= 4 is 0 Å². The zero-order chi connectivity index (χ0) is 10.1. The summed E-state index contributed by atoms with van der Waals surface area (Å²) in [5.74, 6) is 1.63. The molecule has 0 bridgehead atoms. The Hall–Kier alpha value is -0.940. The fraction of sp³-hybridized carbons (Fsp3) is 0.778. The maximum Gasteiger partial charge on any atom is 0.167 e. The van der Waals surface area contributed by atoms with Crippen molar-refractivity contribution in [3.8, 4) is 0 Å². The van der Waals surface area contributed by atoms with Gasteiger partial charge < -0.3 is 10.5 Å². The fourth-order valence-corrected chi connectivity index (χ4v) is 1.75. The van der Waals surface area contributed by atoms with Crippen LogP contribution >= 0.6 is 0 Å². The zero-order valence-corrected chi connectivity index (χ0v) is 8.60. The first-order valence-electron chi connectivity index (χ1n) is 4.95. The van der Waals surface area contributed by atoms with Crippen LogP contribution < -0.4 is 5.73 Å². The van der Waals surface area contributed by atoms with Crippen LogP contribution in [0.2, 0.25) is 0 Å². The van der Waals surface area contributed by atoms with Gasteiger partial charge in [-0.25, -0.2) is 9.67 Å². The van der Waals surface area contributed by atoms with Gasteiger partial charge in [-0.05, 0) is 19.8 Å². The van der Waals surface area contributed by atoms with E-state index in [-0.39, 0.29) is 12.1 Å². The molecule has 14 heavy (non-hydrogen) atoms. The Morgan fingerprint density at radius 1 is 1.64 bits per heavy atom. The molecule has 5 nitrogen and oxygen atoms in total. The highest BCUT2D eigenvalue weighted by Crippen LogP contribution is 2.26. The number of nitrogens with two attached hydrogens (primary N) is 1. The molecule has 2 rings (SSSR count). The summed E-state index contributed by atoms with van der Waals surface area (Å²) in [6, 6.07) is -0.106. The molecule has 0 spiro atoms. The van der Waals surface area contributed by atoms with Crippen LogP contribution in [-0.4, -0.2) is 21.9 Å². The second kappa shape index (κ2) is 3.67. The minimum absolute atomic E-state index is 0.0868. The van der Waals surface area contributed by atoms with Crippen LogP contribution in [0.15, 0.2) is 0 Å². The second-order valence-electron chi connectivity index (χ2n) is 3.71. The number of fused-ring (bicyclic) bond motifs is 1. The van der Waals surface area contributed by atoms with E-state index in [1.807, 2.05) is 11.6 Å². The van der Waals surface area contributed by atoms with E-state index in [4.69, 9.17) is 10.5 Å². The van der Waals surface area contributed by atoms with E-state index in [0.717, 1.165) is 25.2 Å². The molecule has 0 aromatic carbocycles. The lowest BCUT2D eigenvalue weighted by atomic mass is 10.1. The van der Waals surface area contributed by atoms with E-state index in [9.17, 15) is 0 Å². The Kier molecular flexibility index (Phi) is 2.52. The number of nitrogens with zero attached hydrogens (tertiary/aromatic N) is 3. The van der Waals surface area contributed by atoms with Gasteiger partial charge in [-0.3, -0.25) is 0 Å². The zero-order valence-electron chi connectivity index (χ0n) is 8.60. The van der Waals surface area contributed by atoms with Gasteiger partial charge in [0.05, 0.1) is 6.04 Å². The summed E-state index contributed by atoms with van der Waals surface area (Å²) in [6.45, 7) is 2.82. The van der Waals surface area contributed by atoms with Crippen molar-refractivity contribution in [1.82, 2.24) is 14.8 Å². The highest BCUT2D eigenvalue weighted by Gasteiger charge is 2.24. The van der Waals surface area contributed by atoms with E-state index in [2.05, 4.69) is 10.1 Å². The average molecular weight is 196 g/mol. The van der Waals surface area contributed by atoms with E-state index >= 15 is 0 Å². The largest absolute Gasteiger partial charge is 0.373 e. The molecular weight excluding hydrogens is 180 g/mol. The molecule has 2 N–H and O–H groups in total. The Bertz CT molecular complexity index is 321. The Morgan fingerprint density at radius 3 is 3.07 bits per heavy atom. The molecule has 0 radical (unpaired) electrons. The predicted octanol–water partition coefficient (Wildman–Crippen LogP) is 0.779. The van der Waals surface area contributed by atoms with Crippen LogP contribution in [0, 0.1) is 0 Å². The topological polar surface area (TPSA) is 66.0 Å². The van der Waals surface area contributed by atoms with Crippen LogP contribution in [-0.2, 0) is 11.3 Å². The molecule has 5 heteroatoms. The van der Waals surface area contributed by atoms with E-state index in [1.54, 1.807) is 7.11 Å². The van der Waals surface area contributed by atoms with Gasteiger partial charge in [0.2, 0.25) is 0 Å². The third-order valence-electron chi connectivity index (χ3n) is 2.53. The minimum atomic E-state index is -0.106. The normalized spacial score (nSPS) is 23.2. The van der Waals surface area contributed by atoms with Crippen LogP contribution in [0.25, 0.3) is 0 Å². The molecule has 0 aliphatic carbocycles. The predicted molar refractivity (Wildman–Crippen MR) is 51.6 cm³/mol. The molecular formula is C9H16N4O. The van der Waals surface area contributed by atoms with Gasteiger partial charge in [0, 0.05) is 13.7 Å². The monoisotopic (exact) mass is 196 g/mol. The molecule has 0 saturated carbocycles. The first-order chi connectivity index (χ1) is 6.72. The lowest BCUT2D eigenvalue weighted by Gasteiger charge is -2.20. The summed E-state index contributed by atoms with van der Waals surface area (Å²) < 4.78 is 7.26. The van der Waals surface area contributed by atoms with Gasteiger partial charge in [0.15, 0.2) is 11.6 Å². The first kappa shape index (κ1) is 9.61. The van der Waals surface area contributed by atoms with Crippen molar-refractivity contribution in [2.45, 2.75) is 38.5 Å². The van der Waals surface area contributed by atoms with Gasteiger partial charge in [0.25, 0.3) is 0 Å². The van der Waals surface area contributed by atoms with Crippen molar-refractivity contribution in [2.24, 2.45) is 5.73 Å². The lowest BCUT2D eigenvalue weighted by Crippen LogP contribution is -2.18. The van der Waals surface area contributed by atoms with E-state index in [1.165, 1.54) is 0 Å². The number of ether oxygens (including phenoxy) is 1. The van der Waals surface area contributed by atoms with Crippen molar-refractivity contribution < 1.29 is 4.74 Å². The van der Waals surface area contributed by atoms with Gasteiger partial charge >= 0.3 is 0 Å². The van der Waals surface area contributed by atoms with Gasteiger partial charge in [-0.1, -0.05) is 0 Å². The molecule has 0 fully saturated rings. The second-order valence-corrected chi connectivity index (χ2v) is 3.71. The van der Waals surface area contributed by atoms with Crippen molar-refractivity contribution in [2.75, 3.05) is 7.11 Å². The molecule has 2 atom stereocenters. The van der Waals surface area contributed by atoms with Crippen molar-refractivity contribution in [3.05, 3.63) is 11.6 Å². The molecule has 1 aliphatic heterocycles. The van der Waals surface area contributed by atoms with Crippen LogP contribution in [0.4, 0.5) is 0 Å². The molecule has 2 unspecified atom stereocenters. The molecule has 1 aromatic rings. The number of hydrogen-bond acceptors (Lipinski definition) is 4. The van der Waals surface area contributed by atoms with Gasteiger partial charge in [0.1, 0.15) is 6.10 Å². The summed E-state index contributed by atoms with van der Waals surface area (Å²) in [6.07, 6.45) is 2.20. The summed E-state index contributed by atoms with van der Waals surface area (Å²) >= 11 is 0. The van der Waals surface area contributed by atoms with Crippen molar-refractivity contribution in [3.63, 3.8) is 0 Å². The number of aryl methyl sites for hydroxylation is 1. The molecule has 1 aromatic heterocycles. The number of methoxy groups -OCH3 is 1. The fourth-order valence-electron chi connectivity index (χ4n) is 1.75. The maximum atomic E-state index is 5.73. The standard InChI is InChI=1S/C9H16N4O/c1-6(10)8-11-9-7(14-2)4-3-5-13(9)12-8/h6-7H,3-5,10H2,1-2H3. The highest BCUT2D eigenvalue weighted by molar-refractivity contribution is 5.02. The van der Waals surface area contributed by atoms with Gasteiger partial charge in [-0.2, -0.15) is 5.10 Å². The Labute approximate surface area is 83.3 Å². The maximum absolute atomic E-state index is 5.73. The number of rotatable bonds is 2. The summed E-state index contributed by atoms with van der Waals surface area (Å²) in [7, 11) is 1.71. The third-order valence-corrected chi connectivity index (χ3v) is 2.53. The van der Waals surface area contributed by atoms with Gasteiger partial charge in [-0.15, -0.1) is 0 Å². The number of hydrogen-bond donors (Lipinski definition) is 1. The van der Waals surface area contributed by atoms with E-state index in [0.29, 0.717) is 5.82 Å². The van der Waals surface area contributed by atoms with Crippen LogP contribution in [0.3, 0.4) is 0 Å². The molecule has 0 amide bonds. The lowest BCUT2D eigenvalue weighted by molar-refractivity contribution is 0.0697. The van der Waals surface area contributed by atoms with Crippen LogP contribution in [0.1, 0.15) is 43.6 Å². The van der Waals surface area contributed by atoms with E-state index < -0.39 is 0 Å². The summed E-state index contributed by atoms with van der Waals surface area (Å²) in [4.78, 5) is 4.40. The molecule has 2 heterocycles. The van der Waals surface area contributed by atoms with Crippen molar-refractivity contribution in [1.29, 1.82) is 0 Å². The number of aromatic nitrogens is 3. The SMILES string of the molecule is COC1CCCn2nc(C(C)N)nc21. The quantitative estimate of drug-likeness (QED) is 0.759. The molecule has 1 aliphatic rings. The Balaban J connectivity index is 2.33. The molecule has 0 saturated heterocycles. The smallest absolute Gasteiger partial charge is 0.167 e. The minimum Gasteiger partial charge on any atom is -0.373 e. The Morgan fingerprint density at radius 2 is 2.43 bits per heavy atom. The first-order valence-corrected chi connectivity index (χ1v) is 4.95.